The van der Waals surface area contributed by atoms with Gasteiger partial charge in [-0.3, -0.25) is 19.3 Å². The van der Waals surface area contributed by atoms with Gasteiger partial charge in [0.15, 0.2) is 11.5 Å². The molecular formula is C21H19FN2O5S. The van der Waals surface area contributed by atoms with Crippen LogP contribution in [0, 0.1) is 5.82 Å². The molecule has 1 fully saturated rings. The van der Waals surface area contributed by atoms with Gasteiger partial charge in [-0.2, -0.15) is 0 Å². The van der Waals surface area contributed by atoms with Crippen molar-refractivity contribution in [2.24, 2.45) is 0 Å². The Balaban J connectivity index is 1.49. The van der Waals surface area contributed by atoms with Crippen LogP contribution >= 0.6 is 11.8 Å². The highest BCUT2D eigenvalue weighted by Gasteiger charge is 2.35. The fourth-order valence-electron chi connectivity index (χ4n) is 2.80. The van der Waals surface area contributed by atoms with Crippen molar-refractivity contribution >= 4 is 34.9 Å². The fourth-order valence-corrected chi connectivity index (χ4v) is 3.65. The number of benzene rings is 2. The van der Waals surface area contributed by atoms with Crippen LogP contribution in [0.1, 0.15) is 17.5 Å². The number of rotatable bonds is 7. The van der Waals surface area contributed by atoms with E-state index in [2.05, 4.69) is 5.32 Å². The Bertz CT molecular complexity index is 1020. The zero-order valence-corrected chi connectivity index (χ0v) is 16.6. The quantitative estimate of drug-likeness (QED) is 0.461. The molecule has 3 N–H and O–H groups in total. The highest BCUT2D eigenvalue weighted by molar-refractivity contribution is 8.18. The largest absolute Gasteiger partial charge is 0.504 e. The Labute approximate surface area is 176 Å². The highest BCUT2D eigenvalue weighted by Crippen LogP contribution is 2.32. The summed E-state index contributed by atoms with van der Waals surface area (Å²) in [6.07, 6.45) is 1.70. The van der Waals surface area contributed by atoms with Gasteiger partial charge in [0.1, 0.15) is 5.82 Å². The van der Waals surface area contributed by atoms with Crippen molar-refractivity contribution < 1.29 is 29.0 Å². The molecule has 9 heteroatoms. The molecule has 7 nitrogen and oxygen atoms in total. The number of carbonyl (C=O) groups excluding carboxylic acids is 3. The average molecular weight is 430 g/mol. The number of aromatic hydroxyl groups is 2. The monoisotopic (exact) mass is 430 g/mol. The van der Waals surface area contributed by atoms with Crippen LogP contribution in [0.5, 0.6) is 11.5 Å². The molecule has 30 heavy (non-hydrogen) atoms. The van der Waals surface area contributed by atoms with Crippen molar-refractivity contribution in [1.82, 2.24) is 10.2 Å². The summed E-state index contributed by atoms with van der Waals surface area (Å²) in [6, 6.07) is 10.3. The predicted octanol–water partition coefficient (Wildman–Crippen LogP) is 3.02. The summed E-state index contributed by atoms with van der Waals surface area (Å²) >= 11 is 0.711. The van der Waals surface area contributed by atoms with Gasteiger partial charge in [-0.1, -0.05) is 24.3 Å². The lowest BCUT2D eigenvalue weighted by molar-refractivity contribution is -0.124. The van der Waals surface area contributed by atoms with Gasteiger partial charge in [-0.25, -0.2) is 4.39 Å². The molecule has 0 atom stereocenters. The Hall–Kier alpha value is -3.33. The lowest BCUT2D eigenvalue weighted by Crippen LogP contribution is -2.34. The van der Waals surface area contributed by atoms with E-state index in [0.29, 0.717) is 18.2 Å². The van der Waals surface area contributed by atoms with Gasteiger partial charge in [-0.05, 0) is 48.0 Å². The number of imide groups is 1. The molecule has 0 spiro atoms. The number of nitrogens with one attached hydrogen (secondary N) is 1. The third kappa shape index (κ3) is 5.18. The molecule has 1 aliphatic rings. The van der Waals surface area contributed by atoms with Crippen molar-refractivity contribution in [3.8, 4) is 11.5 Å². The molecule has 0 radical (unpaired) electrons. The second-order valence-electron chi connectivity index (χ2n) is 6.53. The summed E-state index contributed by atoms with van der Waals surface area (Å²) in [5.41, 5.74) is 0.941. The number of hydrogen-bond donors (Lipinski definition) is 3. The van der Waals surface area contributed by atoms with E-state index in [1.54, 1.807) is 12.1 Å². The molecular weight excluding hydrogens is 411 g/mol. The SMILES string of the molecule is O=C(CCN1C(=O)S/C(=C\c2ccccc2F)C1=O)NCCc1ccc(O)c(O)c1. The van der Waals surface area contributed by atoms with E-state index in [4.69, 9.17) is 0 Å². The molecule has 0 bridgehead atoms. The van der Waals surface area contributed by atoms with Gasteiger partial charge < -0.3 is 15.5 Å². The molecule has 1 heterocycles. The minimum atomic E-state index is -0.555. The van der Waals surface area contributed by atoms with Crippen LogP contribution in [0.15, 0.2) is 47.4 Å². The van der Waals surface area contributed by atoms with E-state index in [9.17, 15) is 29.0 Å². The van der Waals surface area contributed by atoms with Crippen LogP contribution in [-0.2, 0) is 16.0 Å². The van der Waals surface area contributed by atoms with Crippen LogP contribution in [0.3, 0.4) is 0 Å². The number of thioether (sulfide) groups is 1. The summed E-state index contributed by atoms with van der Waals surface area (Å²) in [7, 11) is 0. The topological polar surface area (TPSA) is 107 Å². The van der Waals surface area contributed by atoms with Gasteiger partial charge in [0, 0.05) is 25.1 Å². The first-order valence-electron chi connectivity index (χ1n) is 9.12. The Morgan fingerprint density at radius 1 is 1.13 bits per heavy atom. The van der Waals surface area contributed by atoms with Crippen LogP contribution in [-0.4, -0.2) is 45.3 Å². The van der Waals surface area contributed by atoms with Gasteiger partial charge in [-0.15, -0.1) is 0 Å². The second-order valence-corrected chi connectivity index (χ2v) is 7.52. The first-order chi connectivity index (χ1) is 14.3. The first kappa shape index (κ1) is 21.4. The molecule has 0 aromatic heterocycles. The van der Waals surface area contributed by atoms with Crippen molar-refractivity contribution in [2.45, 2.75) is 12.8 Å². The number of phenolic OH excluding ortho intramolecular Hbond substituents is 2. The number of phenols is 2. The van der Waals surface area contributed by atoms with Crippen LogP contribution < -0.4 is 5.32 Å². The smallest absolute Gasteiger partial charge is 0.293 e. The summed E-state index contributed by atoms with van der Waals surface area (Å²) in [4.78, 5) is 37.6. The zero-order valence-electron chi connectivity index (χ0n) is 15.8. The van der Waals surface area contributed by atoms with Crippen molar-refractivity contribution in [3.05, 3.63) is 64.3 Å². The predicted molar refractivity (Wildman–Crippen MR) is 110 cm³/mol. The molecule has 2 aromatic rings. The Morgan fingerprint density at radius 2 is 1.90 bits per heavy atom. The van der Waals surface area contributed by atoms with E-state index in [0.717, 1.165) is 10.5 Å². The van der Waals surface area contributed by atoms with Crippen LogP contribution in [0.25, 0.3) is 6.08 Å². The molecule has 3 amide bonds. The summed E-state index contributed by atoms with van der Waals surface area (Å²) in [5, 5.41) is 20.9. The highest BCUT2D eigenvalue weighted by atomic mass is 32.2. The number of hydrogen-bond acceptors (Lipinski definition) is 6. The second kappa shape index (κ2) is 9.45. The number of carbonyl (C=O) groups is 3. The molecule has 156 valence electrons. The van der Waals surface area contributed by atoms with E-state index in [-0.39, 0.29) is 47.4 Å². The third-order valence-corrected chi connectivity index (χ3v) is 5.31. The summed E-state index contributed by atoms with van der Waals surface area (Å²) in [6.45, 7) is 0.212. The van der Waals surface area contributed by atoms with Gasteiger partial charge in [0.2, 0.25) is 5.91 Å². The summed E-state index contributed by atoms with van der Waals surface area (Å²) in [5.74, 6) is -1.84. The molecule has 2 aromatic carbocycles. The Kier molecular flexibility index (Phi) is 6.73. The third-order valence-electron chi connectivity index (χ3n) is 4.40. The standard InChI is InChI=1S/C21H19FN2O5S/c22-15-4-2-1-3-14(15)12-18-20(28)24(21(29)30-18)10-8-19(27)23-9-7-13-5-6-16(25)17(26)11-13/h1-6,11-12,25-26H,7-10H2,(H,23,27)/b18-12-. The number of halogens is 1. The maximum atomic E-state index is 13.8. The zero-order chi connectivity index (χ0) is 21.7. The van der Waals surface area contributed by atoms with Gasteiger partial charge in [0.25, 0.3) is 11.1 Å². The minimum absolute atomic E-state index is 0.0636. The summed E-state index contributed by atoms with van der Waals surface area (Å²) < 4.78 is 13.8. The van der Waals surface area contributed by atoms with E-state index in [1.807, 2.05) is 0 Å². The lowest BCUT2D eigenvalue weighted by Gasteiger charge is -2.12. The molecule has 1 saturated heterocycles. The lowest BCUT2D eigenvalue weighted by atomic mass is 10.1. The van der Waals surface area contributed by atoms with E-state index < -0.39 is 17.0 Å². The first-order valence-corrected chi connectivity index (χ1v) is 9.94. The van der Waals surface area contributed by atoms with Crippen molar-refractivity contribution in [3.63, 3.8) is 0 Å². The Morgan fingerprint density at radius 3 is 2.63 bits per heavy atom. The minimum Gasteiger partial charge on any atom is -0.504 e. The molecule has 0 saturated carbocycles. The molecule has 1 aliphatic heterocycles. The van der Waals surface area contributed by atoms with Crippen molar-refractivity contribution in [2.75, 3.05) is 13.1 Å². The molecule has 0 unspecified atom stereocenters. The maximum Gasteiger partial charge on any atom is 0.293 e. The average Bonchev–Trinajstić information content (AvgIpc) is 2.97. The normalized spacial score (nSPS) is 15.1. The number of nitrogens with zero attached hydrogens (tertiary/aromatic N) is 1. The van der Waals surface area contributed by atoms with Gasteiger partial charge >= 0.3 is 0 Å². The number of amides is 3. The van der Waals surface area contributed by atoms with E-state index in [1.165, 1.54) is 36.4 Å². The van der Waals surface area contributed by atoms with Gasteiger partial charge in [0.05, 0.1) is 4.91 Å². The maximum absolute atomic E-state index is 13.8. The van der Waals surface area contributed by atoms with Crippen LogP contribution in [0.4, 0.5) is 9.18 Å². The van der Waals surface area contributed by atoms with Crippen molar-refractivity contribution in [1.29, 1.82) is 0 Å². The molecule has 0 aliphatic carbocycles. The van der Waals surface area contributed by atoms with E-state index >= 15 is 0 Å². The fraction of sp³-hybridized carbons (Fsp3) is 0.190. The molecule has 3 rings (SSSR count). The van der Waals surface area contributed by atoms with Crippen LogP contribution in [0.2, 0.25) is 0 Å².